The average Bonchev–Trinajstić information content (AvgIpc) is 3.16. The molecule has 0 amide bonds. The summed E-state index contributed by atoms with van der Waals surface area (Å²) in [5.41, 5.74) is 2.47. The summed E-state index contributed by atoms with van der Waals surface area (Å²) in [6.45, 7) is 3.93. The number of furan rings is 3. The second-order valence-corrected chi connectivity index (χ2v) is 5.50. The minimum atomic E-state index is 0.873. The molecule has 3 rings (SSSR count). The highest BCUT2D eigenvalue weighted by Crippen LogP contribution is 2.16. The van der Waals surface area contributed by atoms with Crippen LogP contribution in [0.25, 0.3) is 0 Å². The average molecular weight is 284 g/mol. The first-order valence-electron chi connectivity index (χ1n) is 7.34. The minimum Gasteiger partial charge on any atom is -0.469 e. The highest BCUT2D eigenvalue weighted by Gasteiger charge is 2.06. The molecule has 0 saturated heterocycles. The van der Waals surface area contributed by atoms with Gasteiger partial charge >= 0.3 is 0 Å². The molecule has 0 aliphatic carbocycles. The van der Waals surface area contributed by atoms with Crippen LogP contribution in [0.4, 0.5) is 0 Å². The van der Waals surface area contributed by atoms with Crippen LogP contribution in [0.2, 0.25) is 0 Å². The summed E-state index contributed by atoms with van der Waals surface area (Å²) in [6.07, 6.45) is 7.39. The summed E-state index contributed by atoms with van der Waals surface area (Å²) in [7, 11) is 0. The number of aryl methyl sites for hydroxylation is 6. The molecule has 0 aliphatic heterocycles. The summed E-state index contributed by atoms with van der Waals surface area (Å²) in [5, 5.41) is 0. The third kappa shape index (κ3) is 3.69. The van der Waals surface area contributed by atoms with E-state index >= 15 is 0 Å². The van der Waals surface area contributed by atoms with E-state index in [1.54, 1.807) is 0 Å². The van der Waals surface area contributed by atoms with Crippen molar-refractivity contribution in [3.8, 4) is 0 Å². The lowest BCUT2D eigenvalue weighted by atomic mass is 10.1. The van der Waals surface area contributed by atoms with Crippen molar-refractivity contribution in [1.82, 2.24) is 0 Å². The summed E-state index contributed by atoms with van der Waals surface area (Å²) < 4.78 is 16.5. The lowest BCUT2D eigenvalue weighted by molar-refractivity contribution is 0.461. The molecule has 21 heavy (non-hydrogen) atoms. The van der Waals surface area contributed by atoms with Gasteiger partial charge in [-0.1, -0.05) is 0 Å². The van der Waals surface area contributed by atoms with Crippen molar-refractivity contribution in [1.29, 1.82) is 0 Å². The zero-order valence-electron chi connectivity index (χ0n) is 12.5. The van der Waals surface area contributed by atoms with Crippen molar-refractivity contribution in [2.45, 2.75) is 39.5 Å². The molecule has 0 unspecified atom stereocenters. The van der Waals surface area contributed by atoms with E-state index in [-0.39, 0.29) is 0 Å². The highest BCUT2D eigenvalue weighted by molar-refractivity contribution is 5.18. The first-order valence-corrected chi connectivity index (χ1v) is 7.34. The predicted octanol–water partition coefficient (Wildman–Crippen LogP) is 4.65. The smallest absolute Gasteiger partial charge is 0.104 e. The lowest BCUT2D eigenvalue weighted by Crippen LogP contribution is -1.88. The van der Waals surface area contributed by atoms with Crippen LogP contribution in [0.15, 0.2) is 50.0 Å². The van der Waals surface area contributed by atoms with Gasteiger partial charge in [-0.3, -0.25) is 0 Å². The van der Waals surface area contributed by atoms with E-state index in [1.165, 1.54) is 11.1 Å². The van der Waals surface area contributed by atoms with Crippen LogP contribution < -0.4 is 0 Å². The van der Waals surface area contributed by atoms with Crippen molar-refractivity contribution < 1.29 is 13.3 Å². The molecular formula is C18H20O3. The van der Waals surface area contributed by atoms with Crippen molar-refractivity contribution in [2.24, 2.45) is 0 Å². The maximum atomic E-state index is 5.62. The third-order valence-corrected chi connectivity index (χ3v) is 3.61. The zero-order chi connectivity index (χ0) is 14.7. The Morgan fingerprint density at radius 3 is 2.10 bits per heavy atom. The normalized spacial score (nSPS) is 11.1. The SMILES string of the molecule is Cc1cc(CCc2coc(CCc3ccc(C)o3)c2)co1. The van der Waals surface area contributed by atoms with Crippen LogP contribution in [0.5, 0.6) is 0 Å². The maximum absolute atomic E-state index is 5.62. The first kappa shape index (κ1) is 13.8. The van der Waals surface area contributed by atoms with Gasteiger partial charge in [0.15, 0.2) is 0 Å². The summed E-state index contributed by atoms with van der Waals surface area (Å²) in [6, 6.07) is 8.25. The molecule has 0 bridgehead atoms. The minimum absolute atomic E-state index is 0.873. The van der Waals surface area contributed by atoms with Crippen molar-refractivity contribution in [3.05, 3.63) is 71.0 Å². The van der Waals surface area contributed by atoms with Crippen LogP contribution in [-0.2, 0) is 25.7 Å². The number of hydrogen-bond donors (Lipinski definition) is 0. The Bertz CT molecular complexity index is 641. The molecule has 3 nitrogen and oxygen atoms in total. The molecule has 3 heteroatoms. The summed E-state index contributed by atoms with van der Waals surface area (Å²) >= 11 is 0. The van der Waals surface area contributed by atoms with Gasteiger partial charge in [0, 0.05) is 12.8 Å². The van der Waals surface area contributed by atoms with Crippen LogP contribution in [-0.4, -0.2) is 0 Å². The second kappa shape index (κ2) is 6.08. The third-order valence-electron chi connectivity index (χ3n) is 3.61. The van der Waals surface area contributed by atoms with Gasteiger partial charge in [-0.05, 0) is 62.1 Å². The Balaban J connectivity index is 1.51. The molecule has 0 N–H and O–H groups in total. The molecular weight excluding hydrogens is 264 g/mol. The van der Waals surface area contributed by atoms with Crippen LogP contribution in [0.3, 0.4) is 0 Å². The Morgan fingerprint density at radius 1 is 0.714 bits per heavy atom. The Morgan fingerprint density at radius 2 is 1.43 bits per heavy atom. The topological polar surface area (TPSA) is 39.4 Å². The molecule has 3 aromatic rings. The quantitative estimate of drug-likeness (QED) is 0.661. The Kier molecular flexibility index (Phi) is 4.00. The van der Waals surface area contributed by atoms with Gasteiger partial charge in [0.1, 0.15) is 23.0 Å². The van der Waals surface area contributed by atoms with Gasteiger partial charge in [0.25, 0.3) is 0 Å². The molecule has 0 radical (unpaired) electrons. The monoisotopic (exact) mass is 284 g/mol. The van der Waals surface area contributed by atoms with E-state index in [2.05, 4.69) is 12.1 Å². The first-order chi connectivity index (χ1) is 10.2. The molecule has 0 spiro atoms. The van der Waals surface area contributed by atoms with E-state index in [9.17, 15) is 0 Å². The fourth-order valence-corrected chi connectivity index (χ4v) is 2.47. The number of hydrogen-bond acceptors (Lipinski definition) is 3. The number of rotatable bonds is 6. The Hall–Kier alpha value is -2.16. The standard InChI is InChI=1S/C18H20O3/c1-13-3-6-17(21-13)7-8-18-10-16(12-20-18)5-4-15-9-14(2)19-11-15/h3,6,9-12H,4-5,7-8H2,1-2H3. The molecule has 3 aromatic heterocycles. The van der Waals surface area contributed by atoms with Gasteiger partial charge in [0.2, 0.25) is 0 Å². The van der Waals surface area contributed by atoms with Crippen LogP contribution in [0, 0.1) is 13.8 Å². The fraction of sp³-hybridized carbons (Fsp3) is 0.333. The Labute approximate surface area is 124 Å². The zero-order valence-corrected chi connectivity index (χ0v) is 12.5. The maximum Gasteiger partial charge on any atom is 0.104 e. The molecule has 110 valence electrons. The van der Waals surface area contributed by atoms with Crippen LogP contribution >= 0.6 is 0 Å². The second-order valence-electron chi connectivity index (χ2n) is 5.50. The van der Waals surface area contributed by atoms with Gasteiger partial charge in [0.05, 0.1) is 12.5 Å². The summed E-state index contributed by atoms with van der Waals surface area (Å²) in [4.78, 5) is 0. The van der Waals surface area contributed by atoms with Gasteiger partial charge < -0.3 is 13.3 Å². The molecule has 0 atom stereocenters. The van der Waals surface area contributed by atoms with Crippen molar-refractivity contribution in [2.75, 3.05) is 0 Å². The van der Waals surface area contributed by atoms with Gasteiger partial charge in [-0.2, -0.15) is 0 Å². The van der Waals surface area contributed by atoms with Crippen molar-refractivity contribution in [3.63, 3.8) is 0 Å². The van der Waals surface area contributed by atoms with E-state index in [4.69, 9.17) is 13.3 Å². The molecule has 0 aliphatic rings. The van der Waals surface area contributed by atoms with Gasteiger partial charge in [-0.15, -0.1) is 0 Å². The molecule has 0 aromatic carbocycles. The van der Waals surface area contributed by atoms with E-state index in [0.29, 0.717) is 0 Å². The highest BCUT2D eigenvalue weighted by atomic mass is 16.3. The van der Waals surface area contributed by atoms with Gasteiger partial charge in [-0.25, -0.2) is 0 Å². The predicted molar refractivity (Wildman–Crippen MR) is 80.4 cm³/mol. The molecule has 0 fully saturated rings. The lowest BCUT2D eigenvalue weighted by Gasteiger charge is -1.94. The van der Waals surface area contributed by atoms with E-state index in [0.717, 1.165) is 48.7 Å². The molecule has 3 heterocycles. The fourth-order valence-electron chi connectivity index (χ4n) is 2.47. The summed E-state index contributed by atoms with van der Waals surface area (Å²) in [5.74, 6) is 3.95. The van der Waals surface area contributed by atoms with E-state index in [1.807, 2.05) is 38.5 Å². The van der Waals surface area contributed by atoms with Crippen LogP contribution in [0.1, 0.15) is 34.2 Å². The molecule has 0 saturated carbocycles. The largest absolute Gasteiger partial charge is 0.469 e. The van der Waals surface area contributed by atoms with E-state index < -0.39 is 0 Å². The van der Waals surface area contributed by atoms with Crippen molar-refractivity contribution >= 4 is 0 Å².